The summed E-state index contributed by atoms with van der Waals surface area (Å²) in [5.74, 6) is -0.755. The van der Waals surface area contributed by atoms with Crippen molar-refractivity contribution in [1.82, 2.24) is 0 Å². The normalized spacial score (nSPS) is 10.1. The molecule has 0 atom stereocenters. The van der Waals surface area contributed by atoms with Crippen LogP contribution in [-0.4, -0.2) is 12.6 Å². The summed E-state index contributed by atoms with van der Waals surface area (Å²) in [5, 5.41) is 19.1. The molecule has 88 valence electrons. The van der Waals surface area contributed by atoms with Gasteiger partial charge in [0.05, 0.1) is 18.1 Å². The molecule has 0 spiro atoms. The van der Waals surface area contributed by atoms with E-state index < -0.39 is 11.5 Å². The van der Waals surface area contributed by atoms with Crippen molar-refractivity contribution in [2.45, 2.75) is 13.3 Å². The van der Waals surface area contributed by atoms with Crippen LogP contribution in [0.5, 0.6) is 5.75 Å². The Balaban J connectivity index is 0.00000289. The molecule has 0 N–H and O–H groups in total. The molecule has 1 aromatic rings. The van der Waals surface area contributed by atoms with Gasteiger partial charge in [-0.2, -0.15) is 5.26 Å². The summed E-state index contributed by atoms with van der Waals surface area (Å²) in [6.07, 6.45) is 2.18. The van der Waals surface area contributed by atoms with Gasteiger partial charge in [0.1, 0.15) is 11.8 Å². The van der Waals surface area contributed by atoms with E-state index in [0.29, 0.717) is 12.2 Å². The van der Waals surface area contributed by atoms with Crippen molar-refractivity contribution in [3.05, 3.63) is 35.4 Å². The van der Waals surface area contributed by atoms with Gasteiger partial charge in [0, 0.05) is 0 Å². The average Bonchev–Trinajstić information content (AvgIpc) is 2.34. The fraction of sp³-hybridized carbons (Fsp3) is 0.231. The van der Waals surface area contributed by atoms with Crippen LogP contribution in [0.2, 0.25) is 0 Å². The van der Waals surface area contributed by atoms with Gasteiger partial charge in [-0.1, -0.05) is 19.1 Å². The average molecular weight is 237 g/mol. The number of nitrogens with zero attached hydrogens (tertiary/aromatic N) is 1. The first-order valence-electron chi connectivity index (χ1n) is 5.23. The zero-order valence-corrected chi connectivity index (χ0v) is 10.5. The number of hydrogen-bond acceptors (Lipinski definition) is 4. The number of carboxylic acid groups (broad SMARTS) is 1. The van der Waals surface area contributed by atoms with Gasteiger partial charge in [0.15, 0.2) is 0 Å². The number of carbonyl (C=O) groups excluding carboxylic acids is 1. The third-order valence-corrected chi connectivity index (χ3v) is 2.00. The third-order valence-electron chi connectivity index (χ3n) is 2.00. The van der Waals surface area contributed by atoms with E-state index in [1.165, 1.54) is 6.08 Å². The van der Waals surface area contributed by atoms with Crippen molar-refractivity contribution in [3.63, 3.8) is 0 Å². The van der Waals surface area contributed by atoms with Crippen LogP contribution in [0.4, 0.5) is 0 Å². The minimum atomic E-state index is -1.47. The Morgan fingerprint density at radius 1 is 1.44 bits per heavy atom. The number of rotatable bonds is 5. The minimum Gasteiger partial charge on any atom is -0.544 e. The summed E-state index contributed by atoms with van der Waals surface area (Å²) in [6, 6.07) is 8.39. The molecule has 0 amide bonds. The molecule has 0 aromatic heterocycles. The second kappa shape index (κ2) is 8.41. The molecule has 0 aliphatic rings. The van der Waals surface area contributed by atoms with Crippen molar-refractivity contribution in [2.24, 2.45) is 0 Å². The van der Waals surface area contributed by atoms with Crippen molar-refractivity contribution in [1.29, 1.82) is 5.26 Å². The second-order valence-corrected chi connectivity index (χ2v) is 3.37. The first-order valence-corrected chi connectivity index (χ1v) is 5.23. The molecule has 0 aliphatic carbocycles. The van der Waals surface area contributed by atoms with Crippen LogP contribution in [-0.2, 0) is 4.79 Å². The molecule has 1 aromatic carbocycles. The van der Waals surface area contributed by atoms with Gasteiger partial charge in [-0.15, -0.1) is 0 Å². The molecule has 0 unspecified atom stereocenters. The van der Waals surface area contributed by atoms with Crippen LogP contribution >= 0.6 is 0 Å². The van der Waals surface area contributed by atoms with Crippen LogP contribution in [0, 0.1) is 11.3 Å². The van der Waals surface area contributed by atoms with Gasteiger partial charge in [0.25, 0.3) is 0 Å². The van der Waals surface area contributed by atoms with E-state index in [4.69, 9.17) is 10.00 Å². The maximum absolute atomic E-state index is 10.5. The Morgan fingerprint density at radius 2 is 2.06 bits per heavy atom. The largest absolute Gasteiger partial charge is 1.00 e. The Labute approximate surface area is 118 Å². The fourth-order valence-corrected chi connectivity index (χ4v) is 1.18. The predicted octanol–water partition coefficient (Wildman–Crippen LogP) is -1.86. The van der Waals surface area contributed by atoms with E-state index in [-0.39, 0.29) is 18.9 Å². The third kappa shape index (κ3) is 5.10. The van der Waals surface area contributed by atoms with Crippen molar-refractivity contribution in [2.75, 3.05) is 6.61 Å². The summed E-state index contributed by atoms with van der Waals surface area (Å²) in [5.41, 5.74) is 0.224. The summed E-state index contributed by atoms with van der Waals surface area (Å²) in [4.78, 5) is 10.5. The van der Waals surface area contributed by atoms with Crippen LogP contribution in [0.3, 0.4) is 0 Å². The number of nitriles is 1. The van der Waals surface area contributed by atoms with E-state index >= 15 is 0 Å². The number of carbonyl (C=O) groups is 1. The van der Waals surface area contributed by atoms with Crippen LogP contribution in [0.1, 0.15) is 18.9 Å². The van der Waals surface area contributed by atoms with Gasteiger partial charge in [-0.25, -0.2) is 0 Å². The Morgan fingerprint density at radius 3 is 2.50 bits per heavy atom. The van der Waals surface area contributed by atoms with Gasteiger partial charge in [-0.05, 0) is 30.2 Å². The van der Waals surface area contributed by atoms with Crippen LogP contribution in [0.25, 0.3) is 6.08 Å². The number of ether oxygens (including phenoxy) is 1. The van der Waals surface area contributed by atoms with Crippen LogP contribution < -0.4 is 28.7 Å². The molecular formula is C13H12LiNO3. The molecule has 0 bridgehead atoms. The first-order chi connectivity index (χ1) is 8.17. The smallest absolute Gasteiger partial charge is 0.544 e. The minimum absolute atomic E-state index is 0. The summed E-state index contributed by atoms with van der Waals surface area (Å²) in [6.45, 7) is 2.65. The summed E-state index contributed by atoms with van der Waals surface area (Å²) >= 11 is 0. The number of aliphatic carboxylic acids is 1. The van der Waals surface area contributed by atoms with Gasteiger partial charge >= 0.3 is 18.9 Å². The van der Waals surface area contributed by atoms with Gasteiger partial charge in [0.2, 0.25) is 0 Å². The molecule has 5 heteroatoms. The number of benzene rings is 1. The molecule has 0 heterocycles. The first kappa shape index (κ1) is 16.3. The molecule has 4 nitrogen and oxygen atoms in total. The van der Waals surface area contributed by atoms with E-state index in [0.717, 1.165) is 12.2 Å². The SMILES string of the molecule is CCCOc1ccc(/C=C(\C#N)C(=O)[O-])cc1.[Li+]. The molecule has 18 heavy (non-hydrogen) atoms. The standard InChI is InChI=1S/C13H13NO3.Li/c1-2-7-17-12-5-3-10(4-6-12)8-11(9-14)13(15)16;/h3-6,8H,2,7H2,1H3,(H,15,16);/q;+1/p-1/b11-8+;. The number of hydrogen-bond donors (Lipinski definition) is 0. The predicted molar refractivity (Wildman–Crippen MR) is 60.8 cm³/mol. The van der Waals surface area contributed by atoms with Crippen molar-refractivity contribution < 1.29 is 33.5 Å². The molecule has 1 rings (SSSR count). The quantitative estimate of drug-likeness (QED) is 0.342. The molecule has 0 radical (unpaired) electrons. The second-order valence-electron chi connectivity index (χ2n) is 3.37. The van der Waals surface area contributed by atoms with Gasteiger partial charge in [-0.3, -0.25) is 0 Å². The van der Waals surface area contributed by atoms with Crippen LogP contribution in [0.15, 0.2) is 29.8 Å². The Kier molecular flexibility index (Phi) is 7.63. The zero-order chi connectivity index (χ0) is 12.7. The topological polar surface area (TPSA) is 73.1 Å². The van der Waals surface area contributed by atoms with E-state index in [1.54, 1.807) is 30.3 Å². The van der Waals surface area contributed by atoms with Crippen molar-refractivity contribution in [3.8, 4) is 11.8 Å². The van der Waals surface area contributed by atoms with Gasteiger partial charge < -0.3 is 14.6 Å². The molecule has 0 fully saturated rings. The fourth-order valence-electron chi connectivity index (χ4n) is 1.18. The molecule has 0 saturated carbocycles. The summed E-state index contributed by atoms with van der Waals surface area (Å²) < 4.78 is 5.37. The molecular weight excluding hydrogens is 225 g/mol. The molecule has 0 saturated heterocycles. The van der Waals surface area contributed by atoms with E-state index in [9.17, 15) is 9.90 Å². The number of carboxylic acids is 1. The monoisotopic (exact) mass is 237 g/mol. The maximum atomic E-state index is 10.5. The molecule has 0 aliphatic heterocycles. The Bertz CT molecular complexity index is 460. The Hall–Kier alpha value is -1.68. The van der Waals surface area contributed by atoms with Crippen molar-refractivity contribution >= 4 is 12.0 Å². The van der Waals surface area contributed by atoms with E-state index in [2.05, 4.69) is 0 Å². The summed E-state index contributed by atoms with van der Waals surface area (Å²) in [7, 11) is 0. The van der Waals surface area contributed by atoms with E-state index in [1.807, 2.05) is 6.92 Å². The maximum Gasteiger partial charge on any atom is 1.00 e. The zero-order valence-electron chi connectivity index (χ0n) is 10.5.